The summed E-state index contributed by atoms with van der Waals surface area (Å²) in [4.78, 5) is 16.9. The zero-order valence-corrected chi connectivity index (χ0v) is 17.7. The molecule has 0 fully saturated rings. The number of rotatable bonds is 8. The molecule has 4 rings (SSSR count). The Balaban J connectivity index is 1.45. The smallest absolute Gasteiger partial charge is 0.223 e. The summed E-state index contributed by atoms with van der Waals surface area (Å²) in [6, 6.07) is 9.80. The normalized spacial score (nSPS) is 12.1. The number of hydrogen-bond donors (Lipinski definition) is 1. The van der Waals surface area contributed by atoms with Gasteiger partial charge in [-0.2, -0.15) is 0 Å². The van der Waals surface area contributed by atoms with Crippen LogP contribution in [0.5, 0.6) is 11.5 Å². The number of carbonyl (C=O) groups is 1. The van der Waals surface area contributed by atoms with E-state index in [1.165, 1.54) is 37.9 Å². The number of oxazole rings is 1. The summed E-state index contributed by atoms with van der Waals surface area (Å²) >= 11 is 1.29. The van der Waals surface area contributed by atoms with Gasteiger partial charge < -0.3 is 19.0 Å². The van der Waals surface area contributed by atoms with E-state index in [0.717, 1.165) is 10.9 Å². The third kappa shape index (κ3) is 4.17. The van der Waals surface area contributed by atoms with Crippen molar-refractivity contribution in [2.45, 2.75) is 18.9 Å². The fourth-order valence-corrected chi connectivity index (χ4v) is 4.30. The summed E-state index contributed by atoms with van der Waals surface area (Å²) in [7, 11) is 3.02. The average Bonchev–Trinajstić information content (AvgIpc) is 3.44. The summed E-state index contributed by atoms with van der Waals surface area (Å²) in [5, 5.41) is 13.0. The van der Waals surface area contributed by atoms with Crippen LogP contribution in [0.4, 0.5) is 4.39 Å². The van der Waals surface area contributed by atoms with Gasteiger partial charge in [-0.05, 0) is 30.7 Å². The number of ether oxygens (including phenoxy) is 2. The molecule has 31 heavy (non-hydrogen) atoms. The van der Waals surface area contributed by atoms with E-state index < -0.39 is 6.10 Å². The number of methoxy groups -OCH3 is 2. The third-order valence-electron chi connectivity index (χ3n) is 4.99. The van der Waals surface area contributed by atoms with Gasteiger partial charge in [0.05, 0.1) is 18.9 Å². The summed E-state index contributed by atoms with van der Waals surface area (Å²) in [6.07, 6.45) is 0.633. The Kier molecular flexibility index (Phi) is 6.01. The minimum absolute atomic E-state index is 0.0982. The van der Waals surface area contributed by atoms with E-state index >= 15 is 0 Å². The second-order valence-electron chi connectivity index (χ2n) is 6.88. The lowest BCUT2D eigenvalue weighted by Crippen LogP contribution is -2.05. The second kappa shape index (κ2) is 8.87. The van der Waals surface area contributed by atoms with E-state index in [0.29, 0.717) is 27.5 Å². The maximum atomic E-state index is 13.9. The largest absolute Gasteiger partial charge is 0.493 e. The lowest BCUT2D eigenvalue weighted by Gasteiger charge is -2.10. The Hall–Kier alpha value is -3.23. The number of fused-ring (bicyclic) bond motifs is 1. The van der Waals surface area contributed by atoms with Crippen molar-refractivity contribution in [2.75, 3.05) is 14.2 Å². The van der Waals surface area contributed by atoms with Gasteiger partial charge in [-0.15, -0.1) is 11.3 Å². The Bertz CT molecular complexity index is 1230. The van der Waals surface area contributed by atoms with Crippen LogP contribution in [0.2, 0.25) is 0 Å². The lowest BCUT2D eigenvalue weighted by molar-refractivity contribution is 0.0913. The quantitative estimate of drug-likeness (QED) is 0.368. The summed E-state index contributed by atoms with van der Waals surface area (Å²) in [5.74, 6) is 0.682. The zero-order valence-electron chi connectivity index (χ0n) is 16.9. The number of benzene rings is 2. The molecule has 2 aromatic carbocycles. The van der Waals surface area contributed by atoms with E-state index in [1.807, 2.05) is 11.4 Å². The first-order valence-corrected chi connectivity index (χ1v) is 10.4. The monoisotopic (exact) mass is 441 g/mol. The molecule has 0 saturated heterocycles. The molecular weight excluding hydrogens is 421 g/mol. The van der Waals surface area contributed by atoms with Crippen molar-refractivity contribution in [1.82, 2.24) is 4.98 Å². The van der Waals surface area contributed by atoms with Crippen molar-refractivity contribution in [1.29, 1.82) is 0 Å². The summed E-state index contributed by atoms with van der Waals surface area (Å²) in [6.45, 7) is 0. The molecule has 0 saturated carbocycles. The molecule has 0 aliphatic rings. The number of thiophene rings is 1. The summed E-state index contributed by atoms with van der Waals surface area (Å²) in [5.41, 5.74) is 1.71. The molecule has 0 radical (unpaired) electrons. The van der Waals surface area contributed by atoms with Gasteiger partial charge >= 0.3 is 0 Å². The molecule has 6 nitrogen and oxygen atoms in total. The third-order valence-corrected chi connectivity index (χ3v) is 5.99. The van der Waals surface area contributed by atoms with Crippen molar-refractivity contribution in [2.24, 2.45) is 0 Å². The highest BCUT2D eigenvalue weighted by Gasteiger charge is 2.20. The van der Waals surface area contributed by atoms with Crippen molar-refractivity contribution >= 4 is 27.2 Å². The standard InChI is InChI=1S/C23H20FNO5S/c1-28-20-9-6-13(10-21(20)29-2)18(26)7-8-19(27)23-25-17(11-30-23)15-12-31-22-14(15)4-3-5-16(22)24/h3-6,9-12,19,27H,7-8H2,1-2H3. The van der Waals surface area contributed by atoms with Crippen LogP contribution in [-0.2, 0) is 0 Å². The number of carbonyl (C=O) groups excluding carboxylic acids is 1. The van der Waals surface area contributed by atoms with E-state index in [1.54, 1.807) is 24.3 Å². The molecule has 0 aliphatic heterocycles. The van der Waals surface area contributed by atoms with Crippen LogP contribution in [-0.4, -0.2) is 30.1 Å². The highest BCUT2D eigenvalue weighted by Crippen LogP contribution is 2.35. The fraction of sp³-hybridized carbons (Fsp3) is 0.217. The number of Topliss-reactive ketones (excluding diaryl/α,β-unsaturated/α-hetero) is 1. The van der Waals surface area contributed by atoms with Crippen LogP contribution in [0.25, 0.3) is 21.3 Å². The van der Waals surface area contributed by atoms with Gasteiger partial charge in [-0.25, -0.2) is 9.37 Å². The number of aromatic nitrogens is 1. The molecule has 1 unspecified atom stereocenters. The highest BCUT2D eigenvalue weighted by atomic mass is 32.1. The van der Waals surface area contributed by atoms with Crippen molar-refractivity contribution in [3.8, 4) is 22.8 Å². The van der Waals surface area contributed by atoms with Crippen LogP contribution in [0.1, 0.15) is 35.2 Å². The van der Waals surface area contributed by atoms with Crippen LogP contribution in [0.3, 0.4) is 0 Å². The van der Waals surface area contributed by atoms with Crippen molar-refractivity contribution in [3.63, 3.8) is 0 Å². The van der Waals surface area contributed by atoms with E-state index in [-0.39, 0.29) is 30.3 Å². The van der Waals surface area contributed by atoms with E-state index in [2.05, 4.69) is 4.98 Å². The molecule has 160 valence electrons. The Morgan fingerprint density at radius 3 is 2.81 bits per heavy atom. The van der Waals surface area contributed by atoms with Crippen LogP contribution in [0.15, 0.2) is 52.5 Å². The average molecular weight is 441 g/mol. The molecule has 1 atom stereocenters. The van der Waals surface area contributed by atoms with Gasteiger partial charge in [0, 0.05) is 28.3 Å². The number of nitrogens with zero attached hydrogens (tertiary/aromatic N) is 1. The van der Waals surface area contributed by atoms with Crippen LogP contribution >= 0.6 is 11.3 Å². The number of aliphatic hydroxyl groups excluding tert-OH is 1. The molecule has 0 amide bonds. The predicted octanol–water partition coefficient (Wildman–Crippen LogP) is 5.41. The number of halogens is 1. The molecule has 0 aliphatic carbocycles. The highest BCUT2D eigenvalue weighted by molar-refractivity contribution is 7.17. The number of hydrogen-bond acceptors (Lipinski definition) is 7. The first-order chi connectivity index (χ1) is 15.0. The molecular formula is C23H20FNO5S. The van der Waals surface area contributed by atoms with Gasteiger partial charge in [0.25, 0.3) is 0 Å². The van der Waals surface area contributed by atoms with Crippen LogP contribution < -0.4 is 9.47 Å². The van der Waals surface area contributed by atoms with E-state index in [9.17, 15) is 14.3 Å². The molecule has 0 spiro atoms. The van der Waals surface area contributed by atoms with E-state index in [4.69, 9.17) is 13.9 Å². The van der Waals surface area contributed by atoms with Gasteiger partial charge in [0.2, 0.25) is 5.89 Å². The molecule has 2 heterocycles. The Morgan fingerprint density at radius 2 is 2.03 bits per heavy atom. The minimum Gasteiger partial charge on any atom is -0.493 e. The Labute approximate surface area is 181 Å². The van der Waals surface area contributed by atoms with Gasteiger partial charge in [-0.3, -0.25) is 4.79 Å². The molecule has 8 heteroatoms. The maximum Gasteiger partial charge on any atom is 0.223 e. The summed E-state index contributed by atoms with van der Waals surface area (Å²) < 4.78 is 30.3. The lowest BCUT2D eigenvalue weighted by atomic mass is 10.0. The second-order valence-corrected chi connectivity index (χ2v) is 7.76. The number of aliphatic hydroxyl groups is 1. The van der Waals surface area contributed by atoms with Gasteiger partial charge in [0.15, 0.2) is 17.3 Å². The van der Waals surface area contributed by atoms with Gasteiger partial charge in [0.1, 0.15) is 23.9 Å². The predicted molar refractivity (Wildman–Crippen MR) is 115 cm³/mol. The van der Waals surface area contributed by atoms with Crippen molar-refractivity contribution < 1.29 is 28.2 Å². The SMILES string of the molecule is COc1ccc(C(=O)CCC(O)c2nc(-c3csc4c(F)cccc34)co2)cc1OC. The van der Waals surface area contributed by atoms with Crippen LogP contribution in [0, 0.1) is 5.82 Å². The Morgan fingerprint density at radius 1 is 1.23 bits per heavy atom. The first kappa shape index (κ1) is 21.0. The van der Waals surface area contributed by atoms with Gasteiger partial charge in [-0.1, -0.05) is 12.1 Å². The molecule has 2 aromatic heterocycles. The van der Waals surface area contributed by atoms with Crippen molar-refractivity contribution in [3.05, 3.63) is 65.3 Å². The molecule has 1 N–H and O–H groups in total. The number of ketones is 1. The zero-order chi connectivity index (χ0) is 22.0. The topological polar surface area (TPSA) is 81.8 Å². The molecule has 0 bridgehead atoms. The minimum atomic E-state index is -1.04. The first-order valence-electron chi connectivity index (χ1n) is 9.56. The fourth-order valence-electron chi connectivity index (χ4n) is 3.33. The molecule has 4 aromatic rings. The maximum absolute atomic E-state index is 13.9.